The van der Waals surface area contributed by atoms with Crippen LogP contribution in [-0.4, -0.2) is 17.7 Å². The molecule has 0 heterocycles. The van der Waals surface area contributed by atoms with E-state index in [-0.39, 0.29) is 12.5 Å². The summed E-state index contributed by atoms with van der Waals surface area (Å²) in [6.07, 6.45) is 0.407. The second kappa shape index (κ2) is 7.16. The SMILES string of the molecule is C=C(C)COc1ccc(C(N)CCC(=O)O)cc1Cl. The Labute approximate surface area is 117 Å². The zero-order valence-corrected chi connectivity index (χ0v) is 11.6. The van der Waals surface area contributed by atoms with Crippen molar-refractivity contribution in [2.75, 3.05) is 6.61 Å². The van der Waals surface area contributed by atoms with E-state index in [4.69, 9.17) is 27.2 Å². The molecule has 3 N–H and O–H groups in total. The first kappa shape index (κ1) is 15.5. The summed E-state index contributed by atoms with van der Waals surface area (Å²) in [4.78, 5) is 10.5. The van der Waals surface area contributed by atoms with Crippen LogP contribution in [0.4, 0.5) is 0 Å². The van der Waals surface area contributed by atoms with E-state index in [2.05, 4.69) is 6.58 Å². The zero-order chi connectivity index (χ0) is 14.4. The minimum Gasteiger partial charge on any atom is -0.488 e. The van der Waals surface area contributed by atoms with Gasteiger partial charge < -0.3 is 15.6 Å². The van der Waals surface area contributed by atoms with Crippen molar-refractivity contribution < 1.29 is 14.6 Å². The summed E-state index contributed by atoms with van der Waals surface area (Å²) in [6.45, 7) is 6.01. The molecule has 1 aromatic rings. The van der Waals surface area contributed by atoms with Crippen LogP contribution in [0.25, 0.3) is 0 Å². The smallest absolute Gasteiger partial charge is 0.303 e. The number of carboxylic acid groups (broad SMARTS) is 1. The lowest BCUT2D eigenvalue weighted by Crippen LogP contribution is -2.12. The number of benzene rings is 1. The third-order valence-corrected chi connectivity index (χ3v) is 2.82. The Morgan fingerprint density at radius 1 is 1.58 bits per heavy atom. The number of halogens is 1. The van der Waals surface area contributed by atoms with Crippen molar-refractivity contribution in [3.8, 4) is 5.75 Å². The highest BCUT2D eigenvalue weighted by atomic mass is 35.5. The second-order valence-electron chi connectivity index (χ2n) is 4.47. The monoisotopic (exact) mass is 283 g/mol. The van der Waals surface area contributed by atoms with Crippen molar-refractivity contribution in [1.29, 1.82) is 0 Å². The van der Waals surface area contributed by atoms with Crippen LogP contribution in [0.15, 0.2) is 30.4 Å². The molecule has 1 aromatic carbocycles. The van der Waals surface area contributed by atoms with Crippen LogP contribution in [0.2, 0.25) is 5.02 Å². The lowest BCUT2D eigenvalue weighted by molar-refractivity contribution is -0.137. The molecule has 19 heavy (non-hydrogen) atoms. The van der Waals surface area contributed by atoms with E-state index in [1.807, 2.05) is 6.92 Å². The molecule has 1 atom stereocenters. The van der Waals surface area contributed by atoms with E-state index in [0.717, 1.165) is 11.1 Å². The van der Waals surface area contributed by atoms with Crippen molar-refractivity contribution in [1.82, 2.24) is 0 Å². The third-order valence-electron chi connectivity index (χ3n) is 2.53. The van der Waals surface area contributed by atoms with Crippen LogP contribution in [-0.2, 0) is 4.79 Å². The molecule has 0 amide bonds. The van der Waals surface area contributed by atoms with Gasteiger partial charge in [-0.2, -0.15) is 0 Å². The molecule has 4 nitrogen and oxygen atoms in total. The van der Waals surface area contributed by atoms with Crippen molar-refractivity contribution in [2.45, 2.75) is 25.8 Å². The fourth-order valence-electron chi connectivity index (χ4n) is 1.51. The van der Waals surface area contributed by atoms with Gasteiger partial charge in [-0.05, 0) is 36.6 Å². The van der Waals surface area contributed by atoms with E-state index >= 15 is 0 Å². The molecule has 0 aromatic heterocycles. The van der Waals surface area contributed by atoms with Gasteiger partial charge in [0.2, 0.25) is 0 Å². The third kappa shape index (κ3) is 5.32. The van der Waals surface area contributed by atoms with Gasteiger partial charge in [-0.15, -0.1) is 0 Å². The van der Waals surface area contributed by atoms with Gasteiger partial charge in [0.1, 0.15) is 12.4 Å². The Hall–Kier alpha value is -1.52. The van der Waals surface area contributed by atoms with Gasteiger partial charge in [-0.25, -0.2) is 0 Å². The number of nitrogens with two attached hydrogens (primary N) is 1. The van der Waals surface area contributed by atoms with E-state index in [1.54, 1.807) is 18.2 Å². The Morgan fingerprint density at radius 3 is 2.79 bits per heavy atom. The van der Waals surface area contributed by atoms with Gasteiger partial charge >= 0.3 is 5.97 Å². The predicted octanol–water partition coefficient (Wildman–Crippen LogP) is 3.16. The number of hydrogen-bond donors (Lipinski definition) is 2. The summed E-state index contributed by atoms with van der Waals surface area (Å²) in [7, 11) is 0. The Bertz CT molecular complexity index is 474. The highest BCUT2D eigenvalue weighted by Gasteiger charge is 2.11. The van der Waals surface area contributed by atoms with Crippen LogP contribution in [0, 0.1) is 0 Å². The van der Waals surface area contributed by atoms with Crippen LogP contribution in [0.1, 0.15) is 31.4 Å². The predicted molar refractivity (Wildman–Crippen MR) is 75.6 cm³/mol. The lowest BCUT2D eigenvalue weighted by Gasteiger charge is -2.13. The normalized spacial score (nSPS) is 11.9. The molecule has 0 bridgehead atoms. The first-order valence-corrected chi connectivity index (χ1v) is 6.32. The summed E-state index contributed by atoms with van der Waals surface area (Å²) in [5, 5.41) is 9.08. The standard InChI is InChI=1S/C14H18ClNO3/c1-9(2)8-19-13-5-3-10(7-11(13)15)12(16)4-6-14(17)18/h3,5,7,12H,1,4,6,8,16H2,2H3,(H,17,18). The highest BCUT2D eigenvalue weighted by molar-refractivity contribution is 6.32. The largest absolute Gasteiger partial charge is 0.488 e. The molecule has 1 rings (SSSR count). The number of hydrogen-bond acceptors (Lipinski definition) is 3. The molecule has 0 saturated carbocycles. The Morgan fingerprint density at radius 2 is 2.26 bits per heavy atom. The first-order valence-electron chi connectivity index (χ1n) is 5.94. The molecule has 0 saturated heterocycles. The quantitative estimate of drug-likeness (QED) is 0.754. The summed E-state index contributed by atoms with van der Waals surface area (Å²) < 4.78 is 5.46. The molecular formula is C14H18ClNO3. The summed E-state index contributed by atoms with van der Waals surface area (Å²) in [6, 6.07) is 4.90. The molecule has 104 valence electrons. The van der Waals surface area contributed by atoms with Crippen molar-refractivity contribution in [3.63, 3.8) is 0 Å². The maximum absolute atomic E-state index is 10.5. The van der Waals surface area contributed by atoms with Crippen LogP contribution >= 0.6 is 11.6 Å². The summed E-state index contributed by atoms with van der Waals surface area (Å²) >= 11 is 6.09. The average molecular weight is 284 g/mol. The highest BCUT2D eigenvalue weighted by Crippen LogP contribution is 2.28. The second-order valence-corrected chi connectivity index (χ2v) is 4.88. The molecule has 0 fully saturated rings. The molecular weight excluding hydrogens is 266 g/mol. The molecule has 1 unspecified atom stereocenters. The van der Waals surface area contributed by atoms with E-state index in [1.165, 1.54) is 0 Å². The number of rotatable bonds is 7. The maximum Gasteiger partial charge on any atom is 0.303 e. The van der Waals surface area contributed by atoms with E-state index in [9.17, 15) is 4.79 Å². The molecule has 0 radical (unpaired) electrons. The van der Waals surface area contributed by atoms with Crippen molar-refractivity contribution in [3.05, 3.63) is 40.9 Å². The lowest BCUT2D eigenvalue weighted by atomic mass is 10.0. The topological polar surface area (TPSA) is 72.5 Å². The number of carbonyl (C=O) groups is 1. The van der Waals surface area contributed by atoms with Gasteiger partial charge in [-0.3, -0.25) is 4.79 Å². The van der Waals surface area contributed by atoms with Crippen molar-refractivity contribution in [2.24, 2.45) is 5.73 Å². The fourth-order valence-corrected chi connectivity index (χ4v) is 1.75. The minimum atomic E-state index is -0.858. The number of carboxylic acids is 1. The summed E-state index contributed by atoms with van der Waals surface area (Å²) in [5.41, 5.74) is 7.61. The molecule has 5 heteroatoms. The van der Waals surface area contributed by atoms with Gasteiger partial charge in [0.05, 0.1) is 5.02 Å². The molecule has 0 aliphatic heterocycles. The number of ether oxygens (including phenoxy) is 1. The summed E-state index contributed by atoms with van der Waals surface area (Å²) in [5.74, 6) is -0.290. The van der Waals surface area contributed by atoms with E-state index in [0.29, 0.717) is 23.8 Å². The van der Waals surface area contributed by atoms with E-state index < -0.39 is 5.97 Å². The van der Waals surface area contributed by atoms with Crippen LogP contribution in [0.3, 0.4) is 0 Å². The van der Waals surface area contributed by atoms with Crippen molar-refractivity contribution >= 4 is 17.6 Å². The first-order chi connectivity index (χ1) is 8.90. The molecule has 0 aliphatic rings. The molecule has 0 spiro atoms. The zero-order valence-electron chi connectivity index (χ0n) is 10.9. The average Bonchev–Trinajstić information content (AvgIpc) is 2.34. The van der Waals surface area contributed by atoms with Gasteiger partial charge in [-0.1, -0.05) is 24.2 Å². The van der Waals surface area contributed by atoms with Crippen LogP contribution < -0.4 is 10.5 Å². The van der Waals surface area contributed by atoms with Gasteiger partial charge in [0.25, 0.3) is 0 Å². The maximum atomic E-state index is 10.5. The Kier molecular flexibility index (Phi) is 5.86. The fraction of sp³-hybridized carbons (Fsp3) is 0.357. The van der Waals surface area contributed by atoms with Gasteiger partial charge in [0, 0.05) is 12.5 Å². The molecule has 0 aliphatic carbocycles. The van der Waals surface area contributed by atoms with Gasteiger partial charge in [0.15, 0.2) is 0 Å². The van der Waals surface area contributed by atoms with Crippen LogP contribution in [0.5, 0.6) is 5.75 Å². The number of aliphatic carboxylic acids is 1. The Balaban J connectivity index is 2.69. The minimum absolute atomic E-state index is 0.0344.